The summed E-state index contributed by atoms with van der Waals surface area (Å²) in [7, 11) is 1.55. The average Bonchev–Trinajstić information content (AvgIpc) is 3.21. The molecule has 0 spiro atoms. The molecule has 0 N–H and O–H groups in total. The first-order valence-electron chi connectivity index (χ1n) is 8.04. The van der Waals surface area contributed by atoms with Crippen molar-refractivity contribution >= 4 is 11.6 Å². The Kier molecular flexibility index (Phi) is 4.93. The second-order valence-corrected chi connectivity index (χ2v) is 5.94. The third kappa shape index (κ3) is 3.66. The van der Waals surface area contributed by atoms with Gasteiger partial charge >= 0.3 is 0 Å². The van der Waals surface area contributed by atoms with E-state index in [2.05, 4.69) is 10.1 Å². The molecule has 0 aliphatic heterocycles. The zero-order valence-electron chi connectivity index (χ0n) is 14.6. The SMILES string of the molecule is CC(c1ccc(-n2cncn2)cc1)N(C)C(=O)c1ccc([N+](=O)[O-])cc1F. The zero-order chi connectivity index (χ0) is 19.6. The van der Waals surface area contributed by atoms with E-state index in [0.29, 0.717) is 0 Å². The third-order valence-electron chi connectivity index (χ3n) is 4.35. The Hall–Kier alpha value is -3.62. The van der Waals surface area contributed by atoms with Crippen LogP contribution in [-0.4, -0.2) is 37.5 Å². The number of carbonyl (C=O) groups is 1. The van der Waals surface area contributed by atoms with E-state index < -0.39 is 22.3 Å². The van der Waals surface area contributed by atoms with E-state index in [1.54, 1.807) is 18.1 Å². The summed E-state index contributed by atoms with van der Waals surface area (Å²) < 4.78 is 15.7. The minimum atomic E-state index is -0.921. The van der Waals surface area contributed by atoms with Crippen LogP contribution in [0.1, 0.15) is 28.9 Å². The number of aromatic nitrogens is 3. The summed E-state index contributed by atoms with van der Waals surface area (Å²) in [5.74, 6) is -1.48. The van der Waals surface area contributed by atoms with Crippen LogP contribution in [0.3, 0.4) is 0 Å². The molecule has 1 heterocycles. The van der Waals surface area contributed by atoms with E-state index in [4.69, 9.17) is 0 Å². The number of amides is 1. The summed E-state index contributed by atoms with van der Waals surface area (Å²) in [6, 6.07) is 10.0. The lowest BCUT2D eigenvalue weighted by molar-refractivity contribution is -0.385. The number of benzene rings is 2. The Labute approximate surface area is 154 Å². The number of hydrogen-bond donors (Lipinski definition) is 0. The van der Waals surface area contributed by atoms with Crippen LogP contribution in [0.15, 0.2) is 55.1 Å². The van der Waals surface area contributed by atoms with E-state index in [-0.39, 0.29) is 11.6 Å². The number of nitro benzene ring substituents is 1. The van der Waals surface area contributed by atoms with Gasteiger partial charge in [0.25, 0.3) is 11.6 Å². The minimum Gasteiger partial charge on any atom is -0.335 e. The molecule has 0 bridgehead atoms. The Balaban J connectivity index is 1.79. The maximum atomic E-state index is 14.1. The predicted molar refractivity (Wildman–Crippen MR) is 94.9 cm³/mol. The van der Waals surface area contributed by atoms with Gasteiger partial charge in [-0.3, -0.25) is 14.9 Å². The molecule has 8 nitrogen and oxygen atoms in total. The minimum absolute atomic E-state index is 0.214. The van der Waals surface area contributed by atoms with Gasteiger partial charge in [-0.2, -0.15) is 5.10 Å². The maximum absolute atomic E-state index is 14.1. The van der Waals surface area contributed by atoms with Crippen LogP contribution in [0.2, 0.25) is 0 Å². The van der Waals surface area contributed by atoms with Crippen molar-refractivity contribution in [1.29, 1.82) is 0 Å². The number of nitro groups is 1. The molecule has 1 atom stereocenters. The first-order valence-corrected chi connectivity index (χ1v) is 8.04. The Morgan fingerprint density at radius 1 is 1.26 bits per heavy atom. The van der Waals surface area contributed by atoms with Crippen LogP contribution in [-0.2, 0) is 0 Å². The van der Waals surface area contributed by atoms with E-state index in [1.807, 2.05) is 31.2 Å². The van der Waals surface area contributed by atoms with Crippen molar-refractivity contribution in [3.63, 3.8) is 0 Å². The van der Waals surface area contributed by atoms with Crippen LogP contribution < -0.4 is 0 Å². The molecular formula is C18H16FN5O3. The van der Waals surface area contributed by atoms with Crippen LogP contribution in [0.5, 0.6) is 0 Å². The smallest absolute Gasteiger partial charge is 0.272 e. The molecular weight excluding hydrogens is 353 g/mol. The lowest BCUT2D eigenvalue weighted by Gasteiger charge is -2.25. The molecule has 138 valence electrons. The van der Waals surface area contributed by atoms with E-state index >= 15 is 0 Å². The van der Waals surface area contributed by atoms with Crippen molar-refractivity contribution < 1.29 is 14.1 Å². The topological polar surface area (TPSA) is 94.2 Å². The lowest BCUT2D eigenvalue weighted by atomic mass is 10.1. The lowest BCUT2D eigenvalue weighted by Crippen LogP contribution is -2.30. The second-order valence-electron chi connectivity index (χ2n) is 5.94. The van der Waals surface area contributed by atoms with Gasteiger partial charge in [-0.1, -0.05) is 12.1 Å². The van der Waals surface area contributed by atoms with Gasteiger partial charge in [0.15, 0.2) is 0 Å². The van der Waals surface area contributed by atoms with Gasteiger partial charge in [0.2, 0.25) is 0 Å². The van der Waals surface area contributed by atoms with E-state index in [0.717, 1.165) is 29.4 Å². The van der Waals surface area contributed by atoms with Crippen molar-refractivity contribution in [2.45, 2.75) is 13.0 Å². The average molecular weight is 369 g/mol. The molecule has 0 fully saturated rings. The fourth-order valence-electron chi connectivity index (χ4n) is 2.63. The number of rotatable bonds is 5. The molecule has 3 rings (SSSR count). The molecule has 0 radical (unpaired) electrons. The number of halogens is 1. The summed E-state index contributed by atoms with van der Waals surface area (Å²) in [6.07, 6.45) is 3.01. The highest BCUT2D eigenvalue weighted by atomic mass is 19.1. The van der Waals surface area contributed by atoms with Crippen molar-refractivity contribution in [2.24, 2.45) is 0 Å². The molecule has 3 aromatic rings. The van der Waals surface area contributed by atoms with Gasteiger partial charge in [0.05, 0.1) is 28.3 Å². The largest absolute Gasteiger partial charge is 0.335 e. The van der Waals surface area contributed by atoms with Gasteiger partial charge in [0, 0.05) is 13.1 Å². The van der Waals surface area contributed by atoms with Crippen LogP contribution in [0, 0.1) is 15.9 Å². The highest BCUT2D eigenvalue weighted by Gasteiger charge is 2.23. The monoisotopic (exact) mass is 369 g/mol. The van der Waals surface area contributed by atoms with Crippen LogP contribution >= 0.6 is 0 Å². The maximum Gasteiger partial charge on any atom is 0.272 e. The number of non-ortho nitro benzene ring substituents is 1. The van der Waals surface area contributed by atoms with Gasteiger partial charge in [0.1, 0.15) is 18.5 Å². The van der Waals surface area contributed by atoms with Crippen LogP contribution in [0.4, 0.5) is 10.1 Å². The van der Waals surface area contributed by atoms with Crippen molar-refractivity contribution in [3.8, 4) is 5.69 Å². The first kappa shape index (κ1) is 18.2. The molecule has 0 aliphatic rings. The van der Waals surface area contributed by atoms with E-state index in [1.165, 1.54) is 11.2 Å². The quantitative estimate of drug-likeness (QED) is 0.509. The zero-order valence-corrected chi connectivity index (χ0v) is 14.6. The van der Waals surface area contributed by atoms with Gasteiger partial charge < -0.3 is 4.90 Å². The highest BCUT2D eigenvalue weighted by Crippen LogP contribution is 2.24. The summed E-state index contributed by atoms with van der Waals surface area (Å²) in [4.78, 5) is 27.9. The van der Waals surface area contributed by atoms with Crippen molar-refractivity contribution in [3.05, 3.63) is 82.2 Å². The number of carbonyl (C=O) groups excluding carboxylic acids is 1. The molecule has 1 unspecified atom stereocenters. The first-order chi connectivity index (χ1) is 12.9. The van der Waals surface area contributed by atoms with Crippen molar-refractivity contribution in [2.75, 3.05) is 7.05 Å². The molecule has 9 heteroatoms. The molecule has 27 heavy (non-hydrogen) atoms. The molecule has 0 aliphatic carbocycles. The molecule has 0 saturated heterocycles. The fraction of sp³-hybridized carbons (Fsp3) is 0.167. The summed E-state index contributed by atoms with van der Waals surface area (Å²) >= 11 is 0. The third-order valence-corrected chi connectivity index (χ3v) is 4.35. The molecule has 2 aromatic carbocycles. The summed E-state index contributed by atoms with van der Waals surface area (Å²) in [5.41, 5.74) is 1.05. The summed E-state index contributed by atoms with van der Waals surface area (Å²) in [5, 5.41) is 14.8. The standard InChI is InChI=1S/C18H16FN5O3/c1-12(13-3-5-14(6-4-13)23-11-20-10-21-23)22(2)18(25)16-8-7-15(24(26)27)9-17(16)19/h3-12H,1-2H3. The summed E-state index contributed by atoms with van der Waals surface area (Å²) in [6.45, 7) is 1.81. The Bertz CT molecular complexity index is 973. The predicted octanol–water partition coefficient (Wildman–Crippen LogP) is 3.15. The van der Waals surface area contributed by atoms with Gasteiger partial charge in [-0.25, -0.2) is 14.1 Å². The second kappa shape index (κ2) is 7.32. The highest BCUT2D eigenvalue weighted by molar-refractivity contribution is 5.94. The van der Waals surface area contributed by atoms with Gasteiger partial charge in [-0.15, -0.1) is 0 Å². The van der Waals surface area contributed by atoms with Crippen LogP contribution in [0.25, 0.3) is 5.69 Å². The fourth-order valence-corrected chi connectivity index (χ4v) is 2.63. The van der Waals surface area contributed by atoms with Crippen molar-refractivity contribution in [1.82, 2.24) is 19.7 Å². The molecule has 1 amide bonds. The molecule has 1 aromatic heterocycles. The Morgan fingerprint density at radius 2 is 1.96 bits per heavy atom. The normalized spacial score (nSPS) is 11.8. The van der Waals surface area contributed by atoms with Gasteiger partial charge in [-0.05, 0) is 30.7 Å². The molecule has 0 saturated carbocycles. The number of hydrogen-bond acceptors (Lipinski definition) is 5. The number of nitrogens with zero attached hydrogens (tertiary/aromatic N) is 5. The Morgan fingerprint density at radius 3 is 2.52 bits per heavy atom. The van der Waals surface area contributed by atoms with E-state index in [9.17, 15) is 19.3 Å².